The van der Waals surface area contributed by atoms with Crippen molar-refractivity contribution in [1.29, 1.82) is 0 Å². The number of amides is 1. The Balaban J connectivity index is 1.73. The summed E-state index contributed by atoms with van der Waals surface area (Å²) in [7, 11) is 0. The number of carbonyl (C=O) groups excluding carboxylic acids is 1. The molecule has 0 atom stereocenters. The third kappa shape index (κ3) is 5.48. The van der Waals surface area contributed by atoms with Gasteiger partial charge in [-0.3, -0.25) is 4.79 Å². The van der Waals surface area contributed by atoms with Gasteiger partial charge < -0.3 is 15.5 Å². The molecule has 2 N–H and O–H groups in total. The number of nitrogens with zero attached hydrogens (tertiary/aromatic N) is 2. The number of anilines is 1. The van der Waals surface area contributed by atoms with E-state index in [9.17, 15) is 4.79 Å². The highest BCUT2D eigenvalue weighted by Gasteiger charge is 2.08. The van der Waals surface area contributed by atoms with E-state index in [0.29, 0.717) is 12.1 Å². The Morgan fingerprint density at radius 3 is 2.68 bits per heavy atom. The third-order valence-electron chi connectivity index (χ3n) is 3.87. The molecule has 1 saturated heterocycles. The molecule has 120 valence electrons. The van der Waals surface area contributed by atoms with E-state index in [1.807, 2.05) is 6.07 Å². The molecule has 0 unspecified atom stereocenters. The summed E-state index contributed by atoms with van der Waals surface area (Å²) in [6.45, 7) is 8.38. The van der Waals surface area contributed by atoms with Gasteiger partial charge in [0, 0.05) is 25.8 Å². The molecular weight excluding hydrogens is 276 g/mol. The molecule has 0 spiro atoms. The molecule has 5 heteroatoms. The topological polar surface area (TPSA) is 57.3 Å². The lowest BCUT2D eigenvalue weighted by molar-refractivity contribution is 0.0957. The van der Waals surface area contributed by atoms with Gasteiger partial charge in [0.2, 0.25) is 0 Å². The molecule has 22 heavy (non-hydrogen) atoms. The van der Waals surface area contributed by atoms with Crippen LogP contribution in [0.3, 0.4) is 0 Å². The lowest BCUT2D eigenvalue weighted by atomic mass is 10.2. The van der Waals surface area contributed by atoms with Crippen molar-refractivity contribution in [2.45, 2.75) is 25.7 Å². The van der Waals surface area contributed by atoms with Crippen molar-refractivity contribution < 1.29 is 4.79 Å². The van der Waals surface area contributed by atoms with Gasteiger partial charge in [-0.2, -0.15) is 0 Å². The van der Waals surface area contributed by atoms with Gasteiger partial charge >= 0.3 is 0 Å². The molecule has 0 aromatic carbocycles. The summed E-state index contributed by atoms with van der Waals surface area (Å²) in [4.78, 5) is 18.5. The molecule has 2 heterocycles. The minimum atomic E-state index is -0.122. The number of hydrogen-bond acceptors (Lipinski definition) is 4. The van der Waals surface area contributed by atoms with Crippen molar-refractivity contribution in [2.24, 2.45) is 0 Å². The highest BCUT2D eigenvalue weighted by Crippen LogP contribution is 2.09. The van der Waals surface area contributed by atoms with Crippen LogP contribution in [0.25, 0.3) is 0 Å². The number of pyridine rings is 1. The zero-order valence-corrected chi connectivity index (χ0v) is 13.2. The molecule has 2 rings (SSSR count). The van der Waals surface area contributed by atoms with Gasteiger partial charge in [-0.05, 0) is 38.1 Å². The van der Waals surface area contributed by atoms with Gasteiger partial charge in [-0.1, -0.05) is 18.9 Å². The van der Waals surface area contributed by atoms with Crippen molar-refractivity contribution in [3.8, 4) is 0 Å². The monoisotopic (exact) mass is 302 g/mol. The fourth-order valence-electron chi connectivity index (χ4n) is 2.60. The lowest BCUT2D eigenvalue weighted by Crippen LogP contribution is -2.30. The normalized spacial score (nSPS) is 15.8. The summed E-state index contributed by atoms with van der Waals surface area (Å²) >= 11 is 0. The first kappa shape index (κ1) is 16.5. The molecule has 0 radical (unpaired) electrons. The molecule has 1 aromatic heterocycles. The molecule has 5 nitrogen and oxygen atoms in total. The Kier molecular flexibility index (Phi) is 6.90. The number of aromatic nitrogens is 1. The third-order valence-corrected chi connectivity index (χ3v) is 3.87. The second-order valence-electron chi connectivity index (χ2n) is 5.61. The Labute approximate surface area is 132 Å². The van der Waals surface area contributed by atoms with Crippen LogP contribution in [0.15, 0.2) is 31.0 Å². The summed E-state index contributed by atoms with van der Waals surface area (Å²) in [5.74, 6) is 0.693. The first-order chi connectivity index (χ1) is 10.8. The van der Waals surface area contributed by atoms with E-state index in [0.717, 1.165) is 18.9 Å². The number of nitrogens with one attached hydrogen (secondary N) is 2. The number of hydrogen-bond donors (Lipinski definition) is 2. The Morgan fingerprint density at radius 1 is 1.27 bits per heavy atom. The van der Waals surface area contributed by atoms with Gasteiger partial charge in [0.05, 0.1) is 5.56 Å². The quantitative estimate of drug-likeness (QED) is 0.759. The fraction of sp³-hybridized carbons (Fsp3) is 0.529. The van der Waals surface area contributed by atoms with Crippen LogP contribution in [0.4, 0.5) is 5.82 Å². The van der Waals surface area contributed by atoms with Crippen LogP contribution in [0, 0.1) is 0 Å². The van der Waals surface area contributed by atoms with E-state index in [1.165, 1.54) is 38.8 Å². The molecule has 1 aromatic rings. The van der Waals surface area contributed by atoms with Gasteiger partial charge in [-0.25, -0.2) is 4.98 Å². The zero-order valence-electron chi connectivity index (χ0n) is 13.2. The van der Waals surface area contributed by atoms with Crippen LogP contribution in [-0.4, -0.2) is 48.5 Å². The first-order valence-corrected chi connectivity index (χ1v) is 8.11. The average molecular weight is 302 g/mol. The van der Waals surface area contributed by atoms with E-state index < -0.39 is 0 Å². The summed E-state index contributed by atoms with van der Waals surface area (Å²) < 4.78 is 0. The van der Waals surface area contributed by atoms with Crippen LogP contribution >= 0.6 is 0 Å². The summed E-state index contributed by atoms with van der Waals surface area (Å²) in [6, 6.07) is 3.64. The smallest absolute Gasteiger partial charge is 0.253 e. The highest BCUT2D eigenvalue weighted by molar-refractivity contribution is 5.94. The maximum Gasteiger partial charge on any atom is 0.253 e. The van der Waals surface area contributed by atoms with Gasteiger partial charge in [0.15, 0.2) is 0 Å². The summed E-state index contributed by atoms with van der Waals surface area (Å²) in [5, 5.41) is 6.06. The van der Waals surface area contributed by atoms with Crippen LogP contribution in [-0.2, 0) is 0 Å². The Bertz CT molecular complexity index is 464. The van der Waals surface area contributed by atoms with Gasteiger partial charge in [0.25, 0.3) is 5.91 Å². The molecule has 0 saturated carbocycles. The molecule has 1 aliphatic heterocycles. The minimum Gasteiger partial charge on any atom is -0.369 e. The standard InChI is InChI=1S/C17H26N4O/c1-2-9-19-17(22)15-7-8-16(20-14-15)18-10-13-21-11-5-3-4-6-12-21/h2,7-8,14H,1,3-6,9-13H2,(H,18,20)(H,19,22). The van der Waals surface area contributed by atoms with Crippen molar-refractivity contribution >= 4 is 11.7 Å². The van der Waals surface area contributed by atoms with E-state index in [-0.39, 0.29) is 5.91 Å². The average Bonchev–Trinajstić information content (AvgIpc) is 2.82. The van der Waals surface area contributed by atoms with E-state index in [2.05, 4.69) is 27.1 Å². The highest BCUT2D eigenvalue weighted by atomic mass is 16.1. The molecule has 0 aliphatic carbocycles. The van der Waals surface area contributed by atoms with Gasteiger partial charge in [-0.15, -0.1) is 6.58 Å². The summed E-state index contributed by atoms with van der Waals surface area (Å²) in [5.41, 5.74) is 0.569. The van der Waals surface area contributed by atoms with E-state index >= 15 is 0 Å². The van der Waals surface area contributed by atoms with Crippen LogP contribution < -0.4 is 10.6 Å². The molecular formula is C17H26N4O. The largest absolute Gasteiger partial charge is 0.369 e. The SMILES string of the molecule is C=CCNC(=O)c1ccc(NCCN2CCCCCC2)nc1. The van der Waals surface area contributed by atoms with Crippen LogP contribution in [0.5, 0.6) is 0 Å². The Hall–Kier alpha value is -1.88. The molecule has 1 fully saturated rings. The second-order valence-corrected chi connectivity index (χ2v) is 5.61. The number of carbonyl (C=O) groups is 1. The predicted octanol–water partition coefficient (Wildman–Crippen LogP) is 2.29. The van der Waals surface area contributed by atoms with Crippen molar-refractivity contribution in [3.63, 3.8) is 0 Å². The number of likely N-dealkylation sites (tertiary alicyclic amines) is 1. The molecule has 1 aliphatic rings. The zero-order chi connectivity index (χ0) is 15.6. The molecule has 1 amide bonds. The predicted molar refractivity (Wildman–Crippen MR) is 90.2 cm³/mol. The van der Waals surface area contributed by atoms with Crippen LogP contribution in [0.1, 0.15) is 36.0 Å². The van der Waals surface area contributed by atoms with Crippen molar-refractivity contribution in [3.05, 3.63) is 36.5 Å². The van der Waals surface area contributed by atoms with Crippen molar-refractivity contribution in [2.75, 3.05) is 38.0 Å². The lowest BCUT2D eigenvalue weighted by Gasteiger charge is -2.19. The fourth-order valence-corrected chi connectivity index (χ4v) is 2.60. The van der Waals surface area contributed by atoms with E-state index in [1.54, 1.807) is 18.3 Å². The maximum absolute atomic E-state index is 11.7. The van der Waals surface area contributed by atoms with E-state index in [4.69, 9.17) is 0 Å². The molecule has 0 bridgehead atoms. The van der Waals surface area contributed by atoms with Crippen molar-refractivity contribution in [1.82, 2.24) is 15.2 Å². The van der Waals surface area contributed by atoms with Gasteiger partial charge in [0.1, 0.15) is 5.82 Å². The van der Waals surface area contributed by atoms with Crippen LogP contribution in [0.2, 0.25) is 0 Å². The minimum absolute atomic E-state index is 0.122. The first-order valence-electron chi connectivity index (χ1n) is 8.11. The Morgan fingerprint density at radius 2 is 2.05 bits per heavy atom. The second kappa shape index (κ2) is 9.20. The maximum atomic E-state index is 11.7. The summed E-state index contributed by atoms with van der Waals surface area (Å²) in [6.07, 6.45) is 8.61. The number of rotatable bonds is 7.